The van der Waals surface area contributed by atoms with Crippen LogP contribution in [-0.2, 0) is 46.5 Å². The van der Waals surface area contributed by atoms with E-state index in [1.807, 2.05) is 48.5 Å². The first-order chi connectivity index (χ1) is 17.0. The van der Waals surface area contributed by atoms with Crippen molar-refractivity contribution in [1.82, 2.24) is 0 Å². The fourth-order valence-electron chi connectivity index (χ4n) is 2.21. The van der Waals surface area contributed by atoms with E-state index >= 15 is 0 Å². The molecule has 0 saturated carbocycles. The van der Waals surface area contributed by atoms with Crippen LogP contribution in [-0.4, -0.2) is 42.0 Å². The topological polar surface area (TPSA) is 139 Å². The Labute approximate surface area is 293 Å². The number of hydrogen-bond donors (Lipinski definition) is 1. The van der Waals surface area contributed by atoms with Gasteiger partial charge in [0.2, 0.25) is 0 Å². The molecule has 0 aliphatic rings. The summed E-state index contributed by atoms with van der Waals surface area (Å²) < 4.78 is 6.95. The minimum Gasteiger partial charge on any atom is -0.541 e. The molecule has 0 aliphatic carbocycles. The van der Waals surface area contributed by atoms with E-state index in [4.69, 9.17) is 9.84 Å². The molecule has 0 aromatic heterocycles. The third-order valence-corrected chi connectivity index (χ3v) is 5.17. The van der Waals surface area contributed by atoms with Crippen LogP contribution >= 0.6 is 45.2 Å². The standard InChI is InChI=1S/C12H13IO3.C8H7IO2.C5H8O4.CH4.K/c1-2-16-12(15)8-11(14)7-9-3-5-10(13)6-4-9;9-7-3-1-6(2-4-7)5-8(10)11;1-3-8-9-4(2)5(6)7;;/h3-6H,2,7-8H2,1H3;1-4H,5H2,(H,10,11);2-3H2,1H3,(H,6,7);1H4;/q;;;;+1/p-1. The number of aliphatic carboxylic acids is 2. The van der Waals surface area contributed by atoms with Crippen LogP contribution in [0.15, 0.2) is 60.9 Å². The van der Waals surface area contributed by atoms with Gasteiger partial charge in [0.1, 0.15) is 18.2 Å². The van der Waals surface area contributed by atoms with E-state index < -0.39 is 23.7 Å². The summed E-state index contributed by atoms with van der Waals surface area (Å²) in [4.78, 5) is 50.9. The van der Waals surface area contributed by atoms with Crippen molar-refractivity contribution >= 4 is 68.9 Å². The van der Waals surface area contributed by atoms with Gasteiger partial charge in [0.05, 0.1) is 19.6 Å². The number of carboxylic acid groups (broad SMARTS) is 2. The normalized spacial score (nSPS) is 8.95. The minimum atomic E-state index is -1.47. The van der Waals surface area contributed by atoms with Crippen LogP contribution < -0.4 is 56.5 Å². The van der Waals surface area contributed by atoms with Gasteiger partial charge in [0.25, 0.3) is 0 Å². The number of ketones is 1. The van der Waals surface area contributed by atoms with E-state index in [1.165, 1.54) is 0 Å². The summed E-state index contributed by atoms with van der Waals surface area (Å²) in [7, 11) is 0. The van der Waals surface area contributed by atoms with Crippen LogP contribution in [0.25, 0.3) is 0 Å². The second-order valence-corrected chi connectivity index (χ2v) is 9.21. The Morgan fingerprint density at radius 2 is 1.32 bits per heavy atom. The summed E-state index contributed by atoms with van der Waals surface area (Å²) in [5, 5.41) is 18.2. The average Bonchev–Trinajstić information content (AvgIpc) is 2.81. The summed E-state index contributed by atoms with van der Waals surface area (Å²) in [6.07, 6.45) is 0.256. The number of benzene rings is 2. The summed E-state index contributed by atoms with van der Waals surface area (Å²) in [5.41, 5.74) is 1.77. The van der Waals surface area contributed by atoms with E-state index in [9.17, 15) is 24.3 Å². The molecule has 0 spiro atoms. The molecule has 0 fully saturated rings. The van der Waals surface area contributed by atoms with Gasteiger partial charge in [0, 0.05) is 13.6 Å². The number of carbonyl (C=O) groups is 4. The molecule has 0 amide bonds. The molecule has 0 atom stereocenters. The average molecular weight is 780 g/mol. The predicted octanol–water partition coefficient (Wildman–Crippen LogP) is 1.13. The van der Waals surface area contributed by atoms with E-state index in [0.29, 0.717) is 6.61 Å². The third-order valence-electron chi connectivity index (χ3n) is 3.74. The van der Waals surface area contributed by atoms with Gasteiger partial charge in [-0.05, 0) is 94.4 Å². The number of ether oxygens (including phenoxy) is 1. The van der Waals surface area contributed by atoms with Crippen molar-refractivity contribution in [3.8, 4) is 0 Å². The number of Topliss-reactive ketones (excluding diaryl/α,β-unsaturated/α-hetero) is 1. The summed E-state index contributed by atoms with van der Waals surface area (Å²) in [5.74, 6) is -3.33. The maximum Gasteiger partial charge on any atom is 1.00 e. The van der Waals surface area contributed by atoms with Crippen LogP contribution in [0.2, 0.25) is 0 Å². The number of carboxylic acids is 2. The molecular weight excluding hydrogens is 749 g/mol. The number of rotatable bonds is 11. The SMILES string of the molecule is C.C=C(OOCC)C(=O)[O-].CCOC(=O)CC(=O)Cc1ccc(I)cc1.O=C(O)Cc1ccc(I)cc1.[K+]. The molecule has 12 heteroatoms. The van der Waals surface area contributed by atoms with Gasteiger partial charge in [-0.3, -0.25) is 14.4 Å². The van der Waals surface area contributed by atoms with Crippen molar-refractivity contribution in [3.63, 3.8) is 0 Å². The first-order valence-corrected chi connectivity index (χ1v) is 12.7. The molecule has 0 unspecified atom stereocenters. The quantitative estimate of drug-likeness (QED) is 0.0520. The number of hydrogen-bond acceptors (Lipinski definition) is 8. The molecule has 204 valence electrons. The number of esters is 1. The monoisotopic (exact) mass is 780 g/mol. The van der Waals surface area contributed by atoms with Gasteiger partial charge >= 0.3 is 63.3 Å². The maximum absolute atomic E-state index is 11.5. The zero-order chi connectivity index (χ0) is 27.5. The van der Waals surface area contributed by atoms with Crippen molar-refractivity contribution in [1.29, 1.82) is 0 Å². The molecule has 0 bridgehead atoms. The largest absolute Gasteiger partial charge is 1.00 e. The molecule has 0 heterocycles. The van der Waals surface area contributed by atoms with Crippen molar-refractivity contribution < 1.29 is 95.3 Å². The molecule has 0 aliphatic heterocycles. The molecular formula is C26H31I2KO9. The second kappa shape index (κ2) is 25.1. The molecule has 0 radical (unpaired) electrons. The van der Waals surface area contributed by atoms with Crippen molar-refractivity contribution in [2.24, 2.45) is 0 Å². The third kappa shape index (κ3) is 23.0. The molecule has 38 heavy (non-hydrogen) atoms. The van der Waals surface area contributed by atoms with E-state index in [2.05, 4.69) is 61.5 Å². The maximum atomic E-state index is 11.5. The van der Waals surface area contributed by atoms with Crippen molar-refractivity contribution in [3.05, 3.63) is 79.1 Å². The van der Waals surface area contributed by atoms with Crippen molar-refractivity contribution in [2.75, 3.05) is 13.2 Å². The Balaban J connectivity index is -0.000000494. The van der Waals surface area contributed by atoms with Crippen LogP contribution in [0, 0.1) is 7.14 Å². The number of halogens is 2. The van der Waals surface area contributed by atoms with E-state index in [-0.39, 0.29) is 90.5 Å². The molecule has 2 aromatic rings. The van der Waals surface area contributed by atoms with Gasteiger partial charge in [-0.15, -0.1) is 0 Å². The summed E-state index contributed by atoms with van der Waals surface area (Å²) in [6.45, 7) is 6.95. The molecule has 2 rings (SSSR count). The smallest absolute Gasteiger partial charge is 0.541 e. The van der Waals surface area contributed by atoms with Crippen LogP contribution in [0.5, 0.6) is 0 Å². The number of carbonyl (C=O) groups excluding carboxylic acids is 3. The minimum absolute atomic E-state index is 0. The Bertz CT molecular complexity index is 995. The van der Waals surface area contributed by atoms with Gasteiger partial charge in [0.15, 0.2) is 5.76 Å². The predicted molar refractivity (Wildman–Crippen MR) is 153 cm³/mol. The Morgan fingerprint density at radius 1 is 0.868 bits per heavy atom. The van der Waals surface area contributed by atoms with Crippen LogP contribution in [0.3, 0.4) is 0 Å². The fourth-order valence-corrected chi connectivity index (χ4v) is 2.93. The Kier molecular flexibility index (Phi) is 27.5. The van der Waals surface area contributed by atoms with E-state index in [0.717, 1.165) is 18.3 Å². The van der Waals surface area contributed by atoms with Crippen LogP contribution in [0.1, 0.15) is 38.8 Å². The molecule has 0 saturated heterocycles. The molecule has 9 nitrogen and oxygen atoms in total. The summed E-state index contributed by atoms with van der Waals surface area (Å²) in [6, 6.07) is 15.1. The molecule has 1 N–H and O–H groups in total. The Hall–Kier alpha value is -0.884. The summed E-state index contributed by atoms with van der Waals surface area (Å²) >= 11 is 4.38. The fraction of sp³-hybridized carbons (Fsp3) is 0.308. The van der Waals surface area contributed by atoms with Gasteiger partial charge < -0.3 is 24.6 Å². The first kappa shape index (κ1) is 41.6. The van der Waals surface area contributed by atoms with Crippen molar-refractivity contribution in [2.45, 2.75) is 40.5 Å². The zero-order valence-electron chi connectivity index (χ0n) is 20.8. The molecule has 2 aromatic carbocycles. The van der Waals surface area contributed by atoms with E-state index in [1.54, 1.807) is 13.8 Å². The first-order valence-electron chi connectivity index (χ1n) is 10.6. The van der Waals surface area contributed by atoms with Gasteiger partial charge in [-0.2, -0.15) is 4.89 Å². The zero-order valence-corrected chi connectivity index (χ0v) is 28.3. The van der Waals surface area contributed by atoms with Gasteiger partial charge in [-0.25, -0.2) is 0 Å². The van der Waals surface area contributed by atoms with Gasteiger partial charge in [-0.1, -0.05) is 38.3 Å². The van der Waals surface area contributed by atoms with Crippen LogP contribution in [0.4, 0.5) is 0 Å². The Morgan fingerprint density at radius 3 is 1.68 bits per heavy atom. The second-order valence-electron chi connectivity index (χ2n) is 6.72.